The van der Waals surface area contributed by atoms with Crippen LogP contribution in [0.4, 0.5) is 0 Å². The molecule has 0 saturated heterocycles. The number of likely N-dealkylation sites (N-methyl/N-ethyl adjacent to an activating group) is 1. The van der Waals surface area contributed by atoms with E-state index in [-0.39, 0.29) is 18.4 Å². The summed E-state index contributed by atoms with van der Waals surface area (Å²) in [6, 6.07) is 10.8. The molecule has 1 aliphatic heterocycles. The summed E-state index contributed by atoms with van der Waals surface area (Å²) in [6.07, 6.45) is 1.57. The average molecular weight is 296 g/mol. The quantitative estimate of drug-likeness (QED) is 0.870. The van der Waals surface area contributed by atoms with Crippen LogP contribution in [-0.2, 0) is 11.3 Å². The highest BCUT2D eigenvalue weighted by Gasteiger charge is 2.32. The smallest absolute Gasteiger partial charge is 0.259 e. The van der Waals surface area contributed by atoms with Crippen molar-refractivity contribution >= 4 is 17.5 Å². The molecule has 1 aromatic heterocycles. The van der Waals surface area contributed by atoms with E-state index in [1.165, 1.54) is 9.80 Å². The maximum absolute atomic E-state index is 12.4. The van der Waals surface area contributed by atoms with Crippen molar-refractivity contribution in [3.05, 3.63) is 66.1 Å². The Labute approximate surface area is 128 Å². The minimum Gasteiger partial charge on any atom is -0.467 e. The summed E-state index contributed by atoms with van der Waals surface area (Å²) in [5, 5.41) is 0. The molecule has 0 saturated carbocycles. The molecule has 1 aromatic carbocycles. The van der Waals surface area contributed by atoms with Crippen molar-refractivity contribution in [1.82, 2.24) is 9.80 Å². The number of carbonyl (C=O) groups excluding carboxylic acids is 2. The Hall–Kier alpha value is -2.82. The average Bonchev–Trinajstić information content (AvgIpc) is 3.10. The molecule has 0 bridgehead atoms. The molecule has 22 heavy (non-hydrogen) atoms. The van der Waals surface area contributed by atoms with Crippen LogP contribution in [0.1, 0.15) is 21.7 Å². The number of benzene rings is 1. The Morgan fingerprint density at radius 3 is 2.59 bits per heavy atom. The van der Waals surface area contributed by atoms with Gasteiger partial charge < -0.3 is 9.32 Å². The third-order valence-electron chi connectivity index (χ3n) is 3.73. The van der Waals surface area contributed by atoms with Gasteiger partial charge in [0, 0.05) is 23.9 Å². The lowest BCUT2D eigenvalue weighted by molar-refractivity contribution is -0.130. The van der Waals surface area contributed by atoms with Crippen LogP contribution < -0.4 is 0 Å². The Morgan fingerprint density at radius 1 is 1.23 bits per heavy atom. The first-order chi connectivity index (χ1) is 10.6. The van der Waals surface area contributed by atoms with Crippen molar-refractivity contribution in [2.45, 2.75) is 6.54 Å². The number of hydrogen-bond acceptors (Lipinski definition) is 3. The van der Waals surface area contributed by atoms with Gasteiger partial charge in [0.25, 0.3) is 5.91 Å². The number of hydrogen-bond donors (Lipinski definition) is 0. The van der Waals surface area contributed by atoms with Crippen molar-refractivity contribution < 1.29 is 14.0 Å². The first kappa shape index (κ1) is 14.1. The number of furan rings is 1. The highest BCUT2D eigenvalue weighted by atomic mass is 16.3. The van der Waals surface area contributed by atoms with Gasteiger partial charge in [-0.25, -0.2) is 0 Å². The molecule has 0 spiro atoms. The van der Waals surface area contributed by atoms with E-state index >= 15 is 0 Å². The van der Waals surface area contributed by atoms with Crippen LogP contribution in [0.25, 0.3) is 5.70 Å². The largest absolute Gasteiger partial charge is 0.467 e. The summed E-state index contributed by atoms with van der Waals surface area (Å²) in [5.74, 6) is 0.352. The molecular formula is C17H16N2O3. The summed E-state index contributed by atoms with van der Waals surface area (Å²) in [4.78, 5) is 27.6. The van der Waals surface area contributed by atoms with Crippen LogP contribution in [0.5, 0.6) is 0 Å². The third kappa shape index (κ3) is 2.41. The molecule has 5 heteroatoms. The third-order valence-corrected chi connectivity index (χ3v) is 3.73. The molecule has 112 valence electrons. The maximum Gasteiger partial charge on any atom is 0.259 e. The Morgan fingerprint density at radius 2 is 1.95 bits per heavy atom. The normalized spacial score (nSPS) is 13.4. The summed E-state index contributed by atoms with van der Waals surface area (Å²) in [6.45, 7) is 4.28. The molecule has 5 nitrogen and oxygen atoms in total. The van der Waals surface area contributed by atoms with Crippen LogP contribution in [0.3, 0.4) is 0 Å². The lowest BCUT2D eigenvalue weighted by Crippen LogP contribution is -2.37. The number of carbonyl (C=O) groups is 2. The van der Waals surface area contributed by atoms with Crippen molar-refractivity contribution in [2.24, 2.45) is 0 Å². The van der Waals surface area contributed by atoms with E-state index < -0.39 is 0 Å². The van der Waals surface area contributed by atoms with Crippen LogP contribution in [0.2, 0.25) is 0 Å². The van der Waals surface area contributed by atoms with Crippen LogP contribution in [0, 0.1) is 0 Å². The van der Waals surface area contributed by atoms with Crippen molar-refractivity contribution in [3.63, 3.8) is 0 Å². The SMILES string of the molecule is C=C1c2ccccc2C(=O)N1CC(=O)N(C)Cc1ccco1. The Kier molecular flexibility index (Phi) is 3.55. The van der Waals surface area contributed by atoms with Gasteiger partial charge in [0.05, 0.1) is 12.8 Å². The van der Waals surface area contributed by atoms with Gasteiger partial charge in [-0.05, 0) is 18.2 Å². The Balaban J connectivity index is 1.70. The molecule has 1 aliphatic rings. The molecule has 2 heterocycles. The second kappa shape index (κ2) is 5.52. The van der Waals surface area contributed by atoms with Crippen LogP contribution in [0.15, 0.2) is 53.7 Å². The van der Waals surface area contributed by atoms with E-state index in [2.05, 4.69) is 6.58 Å². The lowest BCUT2D eigenvalue weighted by atomic mass is 10.1. The van der Waals surface area contributed by atoms with Crippen LogP contribution >= 0.6 is 0 Å². The van der Waals surface area contributed by atoms with Gasteiger partial charge in [0.1, 0.15) is 12.3 Å². The van der Waals surface area contributed by atoms with Crippen molar-refractivity contribution in [3.8, 4) is 0 Å². The van der Waals surface area contributed by atoms with Gasteiger partial charge in [-0.15, -0.1) is 0 Å². The van der Waals surface area contributed by atoms with Gasteiger partial charge >= 0.3 is 0 Å². The zero-order valence-electron chi connectivity index (χ0n) is 12.3. The second-order valence-electron chi connectivity index (χ2n) is 5.21. The van der Waals surface area contributed by atoms with Gasteiger partial charge in [0.15, 0.2) is 0 Å². The first-order valence-corrected chi connectivity index (χ1v) is 6.94. The summed E-state index contributed by atoms with van der Waals surface area (Å²) < 4.78 is 5.23. The molecule has 0 unspecified atom stereocenters. The van der Waals surface area contributed by atoms with Crippen LogP contribution in [-0.4, -0.2) is 35.2 Å². The zero-order chi connectivity index (χ0) is 15.7. The molecule has 3 rings (SSSR count). The molecule has 0 fully saturated rings. The standard InChI is InChI=1S/C17H16N2O3/c1-12-14-7-3-4-8-15(14)17(21)19(12)11-16(20)18(2)10-13-6-5-9-22-13/h3-9H,1,10-11H2,2H3. The van der Waals surface area contributed by atoms with Crippen molar-refractivity contribution in [1.29, 1.82) is 0 Å². The number of nitrogens with zero attached hydrogens (tertiary/aromatic N) is 2. The predicted molar refractivity (Wildman–Crippen MR) is 81.7 cm³/mol. The number of amides is 2. The first-order valence-electron chi connectivity index (χ1n) is 6.94. The molecule has 2 aromatic rings. The molecule has 0 aliphatic carbocycles. The topological polar surface area (TPSA) is 53.8 Å². The lowest BCUT2D eigenvalue weighted by Gasteiger charge is -2.21. The van der Waals surface area contributed by atoms with E-state index in [9.17, 15) is 9.59 Å². The molecule has 0 radical (unpaired) electrons. The van der Waals surface area contributed by atoms with Gasteiger partial charge in [-0.3, -0.25) is 14.5 Å². The van der Waals surface area contributed by atoms with Gasteiger partial charge in [-0.2, -0.15) is 0 Å². The molecular weight excluding hydrogens is 280 g/mol. The molecule has 0 atom stereocenters. The summed E-state index contributed by atoms with van der Waals surface area (Å²) in [5.41, 5.74) is 1.95. The van der Waals surface area contributed by atoms with Crippen molar-refractivity contribution in [2.75, 3.05) is 13.6 Å². The maximum atomic E-state index is 12.4. The van der Waals surface area contributed by atoms with E-state index in [1.807, 2.05) is 12.1 Å². The number of fused-ring (bicyclic) bond motifs is 1. The summed E-state index contributed by atoms with van der Waals surface area (Å²) >= 11 is 0. The minimum absolute atomic E-state index is 0.0243. The fraction of sp³-hybridized carbons (Fsp3) is 0.176. The van der Waals surface area contributed by atoms with E-state index in [0.29, 0.717) is 23.6 Å². The van der Waals surface area contributed by atoms with E-state index in [4.69, 9.17) is 4.42 Å². The summed E-state index contributed by atoms with van der Waals surface area (Å²) in [7, 11) is 1.68. The van der Waals surface area contributed by atoms with Gasteiger partial charge in [-0.1, -0.05) is 24.8 Å². The number of rotatable bonds is 4. The highest BCUT2D eigenvalue weighted by Crippen LogP contribution is 2.30. The fourth-order valence-electron chi connectivity index (χ4n) is 2.48. The van der Waals surface area contributed by atoms with E-state index in [1.54, 1.807) is 37.6 Å². The second-order valence-corrected chi connectivity index (χ2v) is 5.21. The molecule has 0 N–H and O–H groups in total. The Bertz CT molecular complexity index is 699. The van der Waals surface area contributed by atoms with E-state index in [0.717, 1.165) is 5.56 Å². The van der Waals surface area contributed by atoms with Gasteiger partial charge in [0.2, 0.25) is 5.91 Å². The molecule has 2 amide bonds. The predicted octanol–water partition coefficient (Wildman–Crippen LogP) is 2.36. The zero-order valence-corrected chi connectivity index (χ0v) is 12.3. The highest BCUT2D eigenvalue weighted by molar-refractivity contribution is 6.10. The monoisotopic (exact) mass is 296 g/mol. The fourth-order valence-corrected chi connectivity index (χ4v) is 2.48. The minimum atomic E-state index is -0.180.